The summed E-state index contributed by atoms with van der Waals surface area (Å²) < 4.78 is 0. The van der Waals surface area contributed by atoms with E-state index in [-0.39, 0.29) is 6.04 Å². The minimum atomic E-state index is 0.152. The molecule has 1 aliphatic heterocycles. The summed E-state index contributed by atoms with van der Waals surface area (Å²) in [4.78, 5) is 1.57. The van der Waals surface area contributed by atoms with Crippen molar-refractivity contribution in [2.75, 3.05) is 11.5 Å². The number of hydrazine groups is 1. The van der Waals surface area contributed by atoms with E-state index in [1.54, 1.807) is 11.0 Å². The third-order valence-electron chi connectivity index (χ3n) is 2.55. The van der Waals surface area contributed by atoms with Gasteiger partial charge in [-0.25, -0.2) is 0 Å². The first-order valence-electron chi connectivity index (χ1n) is 4.71. The maximum absolute atomic E-state index is 5.56. The van der Waals surface area contributed by atoms with Gasteiger partial charge in [0.05, 0.1) is 12.2 Å². The molecular weight excluding hydrogens is 198 g/mol. The second-order valence-corrected chi connectivity index (χ2v) is 4.68. The van der Waals surface area contributed by atoms with E-state index in [1.807, 2.05) is 18.8 Å². The van der Waals surface area contributed by atoms with Crippen LogP contribution in [0, 0.1) is 5.92 Å². The number of aryl methyl sites for hydroxylation is 1. The third-order valence-corrected chi connectivity index (χ3v) is 3.74. The van der Waals surface area contributed by atoms with E-state index in [0.717, 1.165) is 11.4 Å². The Labute approximate surface area is 87.4 Å². The van der Waals surface area contributed by atoms with Crippen LogP contribution in [0.5, 0.6) is 0 Å². The van der Waals surface area contributed by atoms with Crippen molar-refractivity contribution < 1.29 is 0 Å². The highest BCUT2D eigenvalue weighted by Gasteiger charge is 2.27. The number of hydrogen-bond donors (Lipinski definition) is 2. The summed E-state index contributed by atoms with van der Waals surface area (Å²) >= 11 is 1.98. The zero-order chi connectivity index (χ0) is 9.97. The molecule has 0 aliphatic carbocycles. The molecule has 5 nitrogen and oxygen atoms in total. The van der Waals surface area contributed by atoms with Crippen molar-refractivity contribution >= 4 is 11.8 Å². The van der Waals surface area contributed by atoms with Crippen molar-refractivity contribution in [2.45, 2.75) is 12.5 Å². The molecule has 1 aromatic heterocycles. The van der Waals surface area contributed by atoms with Gasteiger partial charge in [-0.1, -0.05) is 0 Å². The van der Waals surface area contributed by atoms with Crippen molar-refractivity contribution in [1.82, 2.24) is 20.4 Å². The first kappa shape index (κ1) is 9.95. The summed E-state index contributed by atoms with van der Waals surface area (Å²) in [6.07, 6.45) is 2.99. The van der Waals surface area contributed by atoms with Crippen LogP contribution in [-0.4, -0.2) is 26.5 Å². The van der Waals surface area contributed by atoms with E-state index in [2.05, 4.69) is 15.6 Å². The van der Waals surface area contributed by atoms with Gasteiger partial charge in [0, 0.05) is 7.05 Å². The molecule has 2 atom stereocenters. The molecule has 1 fully saturated rings. The second-order valence-electron chi connectivity index (χ2n) is 3.53. The fraction of sp³-hybridized carbons (Fsp3) is 0.750. The topological polar surface area (TPSA) is 68.8 Å². The van der Waals surface area contributed by atoms with Crippen LogP contribution in [0.25, 0.3) is 0 Å². The molecule has 2 unspecified atom stereocenters. The van der Waals surface area contributed by atoms with Crippen molar-refractivity contribution in [1.29, 1.82) is 0 Å². The minimum Gasteiger partial charge on any atom is -0.271 e. The van der Waals surface area contributed by atoms with Gasteiger partial charge < -0.3 is 0 Å². The minimum absolute atomic E-state index is 0.152. The highest BCUT2D eigenvalue weighted by molar-refractivity contribution is 7.99. The van der Waals surface area contributed by atoms with Crippen LogP contribution in [-0.2, 0) is 7.05 Å². The molecule has 2 heterocycles. The Kier molecular flexibility index (Phi) is 3.05. The first-order valence-corrected chi connectivity index (χ1v) is 5.87. The lowest BCUT2D eigenvalue weighted by molar-refractivity contribution is 0.389. The Balaban J connectivity index is 2.12. The molecule has 6 heteroatoms. The zero-order valence-electron chi connectivity index (χ0n) is 8.18. The molecule has 1 aliphatic rings. The number of aromatic nitrogens is 3. The van der Waals surface area contributed by atoms with Crippen LogP contribution < -0.4 is 11.3 Å². The molecule has 2 rings (SSSR count). The smallest absolute Gasteiger partial charge is 0.101 e. The van der Waals surface area contributed by atoms with E-state index in [4.69, 9.17) is 5.84 Å². The van der Waals surface area contributed by atoms with E-state index in [1.165, 1.54) is 12.2 Å². The molecule has 0 amide bonds. The predicted octanol–water partition coefficient (Wildman–Crippen LogP) is 0.0726. The molecule has 3 N–H and O–H groups in total. The monoisotopic (exact) mass is 213 g/mol. The van der Waals surface area contributed by atoms with Gasteiger partial charge in [0.2, 0.25) is 0 Å². The fourth-order valence-electron chi connectivity index (χ4n) is 1.78. The highest BCUT2D eigenvalue weighted by atomic mass is 32.2. The van der Waals surface area contributed by atoms with Gasteiger partial charge in [0.15, 0.2) is 0 Å². The molecule has 1 aromatic rings. The van der Waals surface area contributed by atoms with Crippen LogP contribution in [0.2, 0.25) is 0 Å². The van der Waals surface area contributed by atoms with Gasteiger partial charge in [0.25, 0.3) is 0 Å². The van der Waals surface area contributed by atoms with Crippen molar-refractivity contribution in [3.05, 3.63) is 11.9 Å². The molecule has 0 saturated carbocycles. The summed E-state index contributed by atoms with van der Waals surface area (Å²) in [5.74, 6) is 8.53. The summed E-state index contributed by atoms with van der Waals surface area (Å²) in [5, 5.41) is 8.34. The lowest BCUT2D eigenvalue weighted by Crippen LogP contribution is -2.34. The number of nitrogens with zero attached hydrogens (tertiary/aromatic N) is 3. The molecule has 0 spiro atoms. The first-order chi connectivity index (χ1) is 6.81. The maximum atomic E-state index is 5.56. The van der Waals surface area contributed by atoms with Crippen LogP contribution in [0.3, 0.4) is 0 Å². The van der Waals surface area contributed by atoms with Crippen molar-refractivity contribution in [3.63, 3.8) is 0 Å². The highest BCUT2D eigenvalue weighted by Crippen LogP contribution is 2.32. The molecular formula is C8H15N5S. The Hall–Kier alpha value is -0.590. The standard InChI is InChI=1S/C8H15N5S/c1-13-10-4-7(12-13)8(11-9)6-2-3-14-5-6/h4,6,8,11H,2-3,5,9H2,1H3. The summed E-state index contributed by atoms with van der Waals surface area (Å²) in [7, 11) is 1.82. The maximum Gasteiger partial charge on any atom is 0.101 e. The Morgan fingerprint density at radius 1 is 1.79 bits per heavy atom. The van der Waals surface area contributed by atoms with Crippen molar-refractivity contribution in [2.24, 2.45) is 18.8 Å². The number of nitrogens with two attached hydrogens (primary N) is 1. The van der Waals surface area contributed by atoms with Crippen LogP contribution >= 0.6 is 11.8 Å². The van der Waals surface area contributed by atoms with E-state index >= 15 is 0 Å². The average molecular weight is 213 g/mol. The summed E-state index contributed by atoms with van der Waals surface area (Å²) in [6.45, 7) is 0. The van der Waals surface area contributed by atoms with Gasteiger partial charge in [-0.05, 0) is 23.8 Å². The largest absolute Gasteiger partial charge is 0.271 e. The van der Waals surface area contributed by atoms with Gasteiger partial charge >= 0.3 is 0 Å². The lowest BCUT2D eigenvalue weighted by atomic mass is 9.97. The molecule has 14 heavy (non-hydrogen) atoms. The number of hydrogen-bond acceptors (Lipinski definition) is 5. The molecule has 0 aromatic carbocycles. The van der Waals surface area contributed by atoms with Crippen LogP contribution in [0.4, 0.5) is 0 Å². The van der Waals surface area contributed by atoms with Gasteiger partial charge in [-0.2, -0.15) is 26.8 Å². The lowest BCUT2D eigenvalue weighted by Gasteiger charge is -2.19. The van der Waals surface area contributed by atoms with E-state index in [0.29, 0.717) is 5.92 Å². The number of nitrogens with one attached hydrogen (secondary N) is 1. The molecule has 78 valence electrons. The zero-order valence-corrected chi connectivity index (χ0v) is 9.00. The van der Waals surface area contributed by atoms with Crippen LogP contribution in [0.1, 0.15) is 18.2 Å². The average Bonchev–Trinajstić information content (AvgIpc) is 2.79. The van der Waals surface area contributed by atoms with Crippen LogP contribution in [0.15, 0.2) is 6.20 Å². The fourth-order valence-corrected chi connectivity index (χ4v) is 3.08. The van der Waals surface area contributed by atoms with Gasteiger partial charge in [-0.15, -0.1) is 0 Å². The Bertz CT molecular complexity index is 294. The Morgan fingerprint density at radius 2 is 2.64 bits per heavy atom. The van der Waals surface area contributed by atoms with Gasteiger partial charge in [0.1, 0.15) is 5.69 Å². The predicted molar refractivity (Wildman–Crippen MR) is 56.5 cm³/mol. The quantitative estimate of drug-likeness (QED) is 0.549. The molecule has 0 bridgehead atoms. The summed E-state index contributed by atoms with van der Waals surface area (Å²) in [5.41, 5.74) is 3.79. The number of thioether (sulfide) groups is 1. The second kappa shape index (κ2) is 4.29. The van der Waals surface area contributed by atoms with E-state index in [9.17, 15) is 0 Å². The van der Waals surface area contributed by atoms with E-state index < -0.39 is 0 Å². The van der Waals surface area contributed by atoms with Crippen molar-refractivity contribution in [3.8, 4) is 0 Å². The Morgan fingerprint density at radius 3 is 3.14 bits per heavy atom. The molecule has 0 radical (unpaired) electrons. The summed E-state index contributed by atoms with van der Waals surface area (Å²) in [6, 6.07) is 0.152. The normalized spacial score (nSPS) is 24.0. The van der Waals surface area contributed by atoms with Gasteiger partial charge in [-0.3, -0.25) is 11.3 Å². The number of rotatable bonds is 3. The third kappa shape index (κ3) is 1.92. The molecule has 1 saturated heterocycles. The SMILES string of the molecule is Cn1ncc(C(NN)C2CCSC2)n1.